The predicted molar refractivity (Wildman–Crippen MR) is 53.9 cm³/mol. The molecule has 0 aromatic heterocycles. The molecule has 4 nitrogen and oxygen atoms in total. The van der Waals surface area contributed by atoms with Gasteiger partial charge < -0.3 is 5.11 Å². The summed E-state index contributed by atoms with van der Waals surface area (Å²) in [4.78, 5) is 10.1. The number of carbonyl (C=O) groups is 1. The molecule has 0 spiro atoms. The van der Waals surface area contributed by atoms with E-state index < -0.39 is 15.8 Å². The molecule has 0 aromatic carbocycles. The maximum Gasteiger partial charge on any atom is 0.304 e. The van der Waals surface area contributed by atoms with Crippen molar-refractivity contribution in [2.75, 3.05) is 23.0 Å². The van der Waals surface area contributed by atoms with Crippen molar-refractivity contribution in [2.24, 2.45) is 0 Å². The zero-order chi connectivity index (χ0) is 10.3. The zero-order valence-electron chi connectivity index (χ0n) is 7.52. The molecule has 13 heavy (non-hydrogen) atoms. The molecule has 0 bridgehead atoms. The number of rotatable bonds is 7. The topological polar surface area (TPSA) is 71.4 Å². The van der Waals surface area contributed by atoms with Crippen molar-refractivity contribution in [3.63, 3.8) is 0 Å². The lowest BCUT2D eigenvalue weighted by atomic mass is 10.5. The van der Waals surface area contributed by atoms with Crippen molar-refractivity contribution in [1.82, 2.24) is 0 Å². The van der Waals surface area contributed by atoms with Crippen molar-refractivity contribution in [3.05, 3.63) is 0 Å². The van der Waals surface area contributed by atoms with Crippen LogP contribution in [-0.4, -0.2) is 42.5 Å². The fourth-order valence-corrected chi connectivity index (χ4v) is 3.14. The second-order valence-electron chi connectivity index (χ2n) is 2.49. The maximum atomic E-state index is 11.1. The molecule has 0 rings (SSSR count). The summed E-state index contributed by atoms with van der Waals surface area (Å²) in [6.45, 7) is 1.95. The van der Waals surface area contributed by atoms with Crippen molar-refractivity contribution >= 4 is 27.6 Å². The van der Waals surface area contributed by atoms with Crippen LogP contribution >= 0.6 is 11.8 Å². The number of thioether (sulfide) groups is 1. The summed E-state index contributed by atoms with van der Waals surface area (Å²) in [5.74, 6) is 0.213. The standard InChI is InChI=1S/C7H14O4S2/c1-2-12-4-6-13(10,11)5-3-7(8)9/h2-6H2,1H3,(H,8,9). The Balaban J connectivity index is 3.74. The van der Waals surface area contributed by atoms with Crippen LogP contribution in [0.2, 0.25) is 0 Å². The van der Waals surface area contributed by atoms with Crippen LogP contribution in [0.15, 0.2) is 0 Å². The monoisotopic (exact) mass is 226 g/mol. The third-order valence-corrected chi connectivity index (χ3v) is 4.18. The molecule has 0 amide bonds. The highest BCUT2D eigenvalue weighted by Gasteiger charge is 2.12. The average Bonchev–Trinajstić information content (AvgIpc) is 2.02. The maximum absolute atomic E-state index is 11.1. The summed E-state index contributed by atoms with van der Waals surface area (Å²) in [7, 11) is -3.15. The number of aliphatic carboxylic acids is 1. The molecule has 0 saturated carbocycles. The van der Waals surface area contributed by atoms with Gasteiger partial charge in [0.15, 0.2) is 9.84 Å². The summed E-state index contributed by atoms with van der Waals surface area (Å²) in [5.41, 5.74) is 0. The van der Waals surface area contributed by atoms with Gasteiger partial charge in [-0.1, -0.05) is 6.92 Å². The summed E-state index contributed by atoms with van der Waals surface area (Å²) >= 11 is 1.54. The molecule has 78 valence electrons. The Labute approximate surface area is 82.6 Å². The highest BCUT2D eigenvalue weighted by Crippen LogP contribution is 2.02. The molecule has 0 aliphatic heterocycles. The van der Waals surface area contributed by atoms with Crippen LogP contribution in [-0.2, 0) is 14.6 Å². The first kappa shape index (κ1) is 12.8. The Morgan fingerprint density at radius 2 is 2.00 bits per heavy atom. The molecular formula is C7H14O4S2. The van der Waals surface area contributed by atoms with Gasteiger partial charge in [-0.2, -0.15) is 11.8 Å². The van der Waals surface area contributed by atoms with E-state index in [2.05, 4.69) is 0 Å². The van der Waals surface area contributed by atoms with E-state index >= 15 is 0 Å². The van der Waals surface area contributed by atoms with Gasteiger partial charge in [0.2, 0.25) is 0 Å². The number of carboxylic acids is 1. The quantitative estimate of drug-likeness (QED) is 0.645. The average molecular weight is 226 g/mol. The van der Waals surface area contributed by atoms with Gasteiger partial charge in [0.25, 0.3) is 0 Å². The first-order valence-electron chi connectivity index (χ1n) is 3.98. The molecular weight excluding hydrogens is 212 g/mol. The molecule has 1 N–H and O–H groups in total. The molecule has 0 aliphatic rings. The van der Waals surface area contributed by atoms with Crippen LogP contribution in [0.4, 0.5) is 0 Å². The van der Waals surface area contributed by atoms with Crippen molar-refractivity contribution in [1.29, 1.82) is 0 Å². The van der Waals surface area contributed by atoms with Gasteiger partial charge in [-0.15, -0.1) is 0 Å². The van der Waals surface area contributed by atoms with Gasteiger partial charge in [-0.25, -0.2) is 8.42 Å². The highest BCUT2D eigenvalue weighted by atomic mass is 32.2. The van der Waals surface area contributed by atoms with E-state index in [4.69, 9.17) is 5.11 Å². The lowest BCUT2D eigenvalue weighted by molar-refractivity contribution is -0.136. The van der Waals surface area contributed by atoms with Gasteiger partial charge in [0, 0.05) is 5.75 Å². The number of hydrogen-bond acceptors (Lipinski definition) is 4. The van der Waals surface area contributed by atoms with Crippen LogP contribution in [0.1, 0.15) is 13.3 Å². The molecule has 0 heterocycles. The normalized spacial score (nSPS) is 11.5. The molecule has 0 saturated heterocycles. The predicted octanol–water partition coefficient (Wildman–Crippen LogP) is 0.629. The number of carboxylic acid groups (broad SMARTS) is 1. The summed E-state index contributed by atoms with van der Waals surface area (Å²) < 4.78 is 22.3. The van der Waals surface area contributed by atoms with Crippen LogP contribution in [0.5, 0.6) is 0 Å². The van der Waals surface area contributed by atoms with Gasteiger partial charge in [-0.3, -0.25) is 4.79 Å². The molecule has 0 atom stereocenters. The minimum absolute atomic E-state index is 0.0821. The molecule has 0 aliphatic carbocycles. The van der Waals surface area contributed by atoms with Crippen molar-refractivity contribution in [3.8, 4) is 0 Å². The van der Waals surface area contributed by atoms with E-state index in [9.17, 15) is 13.2 Å². The SMILES string of the molecule is CCSCCS(=O)(=O)CCC(=O)O. The smallest absolute Gasteiger partial charge is 0.304 e. The van der Waals surface area contributed by atoms with Crippen LogP contribution in [0.3, 0.4) is 0 Å². The molecule has 0 radical (unpaired) electrons. The van der Waals surface area contributed by atoms with E-state index in [1.165, 1.54) is 0 Å². The van der Waals surface area contributed by atoms with E-state index in [-0.39, 0.29) is 17.9 Å². The van der Waals surface area contributed by atoms with Gasteiger partial charge >= 0.3 is 5.97 Å². The van der Waals surface area contributed by atoms with E-state index in [0.717, 1.165) is 5.75 Å². The minimum atomic E-state index is -3.15. The van der Waals surface area contributed by atoms with E-state index in [1.807, 2.05) is 6.92 Å². The Hall–Kier alpha value is -0.230. The van der Waals surface area contributed by atoms with E-state index in [1.54, 1.807) is 11.8 Å². The Bertz CT molecular complexity index is 245. The fourth-order valence-electron chi connectivity index (χ4n) is 0.675. The van der Waals surface area contributed by atoms with Gasteiger partial charge in [0.1, 0.15) is 0 Å². The Kier molecular flexibility index (Phi) is 6.15. The molecule has 0 aromatic rings. The summed E-state index contributed by atoms with van der Waals surface area (Å²) in [5, 5.41) is 8.28. The molecule has 6 heteroatoms. The van der Waals surface area contributed by atoms with E-state index in [0.29, 0.717) is 5.75 Å². The first-order valence-corrected chi connectivity index (χ1v) is 6.95. The number of hydrogen-bond donors (Lipinski definition) is 1. The lowest BCUT2D eigenvalue weighted by Gasteiger charge is -2.00. The third kappa shape index (κ3) is 8.11. The molecule has 0 fully saturated rings. The van der Waals surface area contributed by atoms with Crippen LogP contribution in [0, 0.1) is 0 Å². The first-order chi connectivity index (χ1) is 5.98. The Morgan fingerprint density at radius 3 is 2.46 bits per heavy atom. The second-order valence-corrected chi connectivity index (χ2v) is 6.19. The molecule has 0 unspecified atom stereocenters. The van der Waals surface area contributed by atoms with Crippen molar-refractivity contribution in [2.45, 2.75) is 13.3 Å². The van der Waals surface area contributed by atoms with Crippen LogP contribution in [0.25, 0.3) is 0 Å². The summed E-state index contributed by atoms with van der Waals surface area (Å²) in [6, 6.07) is 0. The third-order valence-electron chi connectivity index (χ3n) is 1.37. The minimum Gasteiger partial charge on any atom is -0.481 e. The fraction of sp³-hybridized carbons (Fsp3) is 0.857. The Morgan fingerprint density at radius 1 is 1.38 bits per heavy atom. The van der Waals surface area contributed by atoms with Gasteiger partial charge in [-0.05, 0) is 5.75 Å². The van der Waals surface area contributed by atoms with Crippen LogP contribution < -0.4 is 0 Å². The van der Waals surface area contributed by atoms with Crippen molar-refractivity contribution < 1.29 is 18.3 Å². The second kappa shape index (κ2) is 6.26. The zero-order valence-corrected chi connectivity index (χ0v) is 9.16. The lowest BCUT2D eigenvalue weighted by Crippen LogP contribution is -2.15. The summed E-state index contributed by atoms with van der Waals surface area (Å²) in [6.07, 6.45) is -0.293. The number of sulfone groups is 1. The highest BCUT2D eigenvalue weighted by molar-refractivity contribution is 8.00. The van der Waals surface area contributed by atoms with Gasteiger partial charge in [0.05, 0.1) is 17.9 Å². The largest absolute Gasteiger partial charge is 0.481 e.